The van der Waals surface area contributed by atoms with Crippen LogP contribution in [-0.4, -0.2) is 20.3 Å². The number of nitriles is 2. The molecule has 0 saturated heterocycles. The topological polar surface area (TPSA) is 95.4 Å². The van der Waals surface area contributed by atoms with E-state index in [-0.39, 0.29) is 17.2 Å². The molecule has 0 atom stereocenters. The summed E-state index contributed by atoms with van der Waals surface area (Å²) >= 11 is 0. The molecule has 3 rings (SSSR count). The van der Waals surface area contributed by atoms with E-state index in [1.807, 2.05) is 54.0 Å². The molecule has 1 aromatic carbocycles. The van der Waals surface area contributed by atoms with E-state index in [0.29, 0.717) is 23.3 Å². The smallest absolute Gasteiger partial charge is 0.179 e. The van der Waals surface area contributed by atoms with Crippen molar-refractivity contribution in [3.63, 3.8) is 0 Å². The number of carbonyl (C=O) groups is 1. The standard InChI is InChI=1S/C18H13N5O/c1-11-16(12(2)24)17-18(22-15(9-20)14(8-19)21-17)23(11)10-13-6-4-3-5-7-13/h3-7H,10H2,1-2H3. The number of carbonyl (C=O) groups excluding carboxylic acids is 1. The summed E-state index contributed by atoms with van der Waals surface area (Å²) in [5, 5.41) is 18.3. The maximum absolute atomic E-state index is 12.1. The monoisotopic (exact) mass is 315 g/mol. The first-order chi connectivity index (χ1) is 11.6. The Morgan fingerprint density at radius 1 is 1.12 bits per heavy atom. The van der Waals surface area contributed by atoms with E-state index in [1.165, 1.54) is 6.92 Å². The first kappa shape index (κ1) is 15.4. The molecule has 0 unspecified atom stereocenters. The van der Waals surface area contributed by atoms with Crippen LogP contribution in [0.5, 0.6) is 0 Å². The van der Waals surface area contributed by atoms with Gasteiger partial charge in [-0.05, 0) is 19.4 Å². The molecular formula is C18H13N5O. The molecule has 3 aromatic rings. The quantitative estimate of drug-likeness (QED) is 0.692. The highest BCUT2D eigenvalue weighted by Crippen LogP contribution is 2.25. The minimum absolute atomic E-state index is 0.0353. The highest BCUT2D eigenvalue weighted by Gasteiger charge is 2.22. The third-order valence-corrected chi connectivity index (χ3v) is 3.88. The number of rotatable bonds is 3. The fourth-order valence-corrected chi connectivity index (χ4v) is 2.78. The van der Waals surface area contributed by atoms with Gasteiger partial charge >= 0.3 is 0 Å². The van der Waals surface area contributed by atoms with Crippen LogP contribution in [0.25, 0.3) is 11.2 Å². The highest BCUT2D eigenvalue weighted by atomic mass is 16.1. The van der Waals surface area contributed by atoms with Crippen LogP contribution in [0.15, 0.2) is 30.3 Å². The first-order valence-electron chi connectivity index (χ1n) is 7.32. The fourth-order valence-electron chi connectivity index (χ4n) is 2.78. The van der Waals surface area contributed by atoms with Crippen LogP contribution in [-0.2, 0) is 6.54 Å². The Morgan fingerprint density at radius 3 is 2.33 bits per heavy atom. The average molecular weight is 315 g/mol. The van der Waals surface area contributed by atoms with E-state index in [2.05, 4.69) is 9.97 Å². The molecular weight excluding hydrogens is 302 g/mol. The molecule has 0 radical (unpaired) electrons. The Bertz CT molecular complexity index is 1040. The lowest BCUT2D eigenvalue weighted by Gasteiger charge is -2.08. The normalized spacial score (nSPS) is 10.3. The van der Waals surface area contributed by atoms with Crippen LogP contribution in [0.1, 0.15) is 39.9 Å². The number of ketones is 1. The summed E-state index contributed by atoms with van der Waals surface area (Å²) in [6.45, 7) is 3.78. The lowest BCUT2D eigenvalue weighted by Crippen LogP contribution is -2.05. The number of benzene rings is 1. The number of aromatic nitrogens is 3. The lowest BCUT2D eigenvalue weighted by atomic mass is 10.1. The molecule has 2 heterocycles. The summed E-state index contributed by atoms with van der Waals surface area (Å²) in [4.78, 5) is 20.6. The van der Waals surface area contributed by atoms with Gasteiger partial charge in [-0.3, -0.25) is 4.79 Å². The van der Waals surface area contributed by atoms with Crippen molar-refractivity contribution in [3.8, 4) is 12.1 Å². The zero-order chi connectivity index (χ0) is 17.3. The van der Waals surface area contributed by atoms with Gasteiger partial charge in [-0.25, -0.2) is 9.97 Å². The fraction of sp³-hybridized carbons (Fsp3) is 0.167. The Kier molecular flexibility index (Phi) is 3.81. The van der Waals surface area contributed by atoms with Crippen molar-refractivity contribution < 1.29 is 4.79 Å². The van der Waals surface area contributed by atoms with E-state index < -0.39 is 0 Å². The molecule has 6 nitrogen and oxygen atoms in total. The summed E-state index contributed by atoms with van der Waals surface area (Å²) in [7, 11) is 0. The molecule has 24 heavy (non-hydrogen) atoms. The highest BCUT2D eigenvalue weighted by molar-refractivity contribution is 6.06. The van der Waals surface area contributed by atoms with Gasteiger partial charge in [0, 0.05) is 12.2 Å². The molecule has 2 aromatic heterocycles. The molecule has 0 saturated carbocycles. The second-order valence-electron chi connectivity index (χ2n) is 5.40. The number of Topliss-reactive ketones (excluding diaryl/α,β-unsaturated/α-hetero) is 1. The molecule has 0 spiro atoms. The molecule has 0 bridgehead atoms. The van der Waals surface area contributed by atoms with Crippen molar-refractivity contribution >= 4 is 16.9 Å². The van der Waals surface area contributed by atoms with Crippen LogP contribution in [0.4, 0.5) is 0 Å². The van der Waals surface area contributed by atoms with E-state index in [1.54, 1.807) is 0 Å². The molecule has 6 heteroatoms. The maximum Gasteiger partial charge on any atom is 0.179 e. The van der Waals surface area contributed by atoms with Gasteiger partial charge < -0.3 is 4.57 Å². The summed E-state index contributed by atoms with van der Waals surface area (Å²) in [6.07, 6.45) is 0. The zero-order valence-corrected chi connectivity index (χ0v) is 13.2. The lowest BCUT2D eigenvalue weighted by molar-refractivity contribution is 0.101. The molecule has 0 fully saturated rings. The van der Waals surface area contributed by atoms with Crippen LogP contribution in [0.2, 0.25) is 0 Å². The molecule has 116 valence electrons. The van der Waals surface area contributed by atoms with Gasteiger partial charge in [0.1, 0.15) is 17.7 Å². The minimum Gasteiger partial charge on any atom is -0.323 e. The Morgan fingerprint density at radius 2 is 1.75 bits per heavy atom. The summed E-state index contributed by atoms with van der Waals surface area (Å²) in [5.74, 6) is -0.146. The van der Waals surface area contributed by atoms with Gasteiger partial charge in [0.25, 0.3) is 0 Å². The third-order valence-electron chi connectivity index (χ3n) is 3.88. The third kappa shape index (κ3) is 2.41. The number of nitrogens with zero attached hydrogens (tertiary/aromatic N) is 5. The molecule has 0 aliphatic carbocycles. The van der Waals surface area contributed by atoms with Crippen LogP contribution < -0.4 is 0 Å². The Hall–Kier alpha value is -3.51. The number of fused-ring (bicyclic) bond motifs is 1. The van der Waals surface area contributed by atoms with E-state index >= 15 is 0 Å². The van der Waals surface area contributed by atoms with Gasteiger partial charge in [0.15, 0.2) is 22.8 Å². The van der Waals surface area contributed by atoms with Gasteiger partial charge in [-0.2, -0.15) is 10.5 Å². The summed E-state index contributed by atoms with van der Waals surface area (Å²) in [5.41, 5.74) is 2.91. The van der Waals surface area contributed by atoms with Gasteiger partial charge in [0.05, 0.1) is 5.56 Å². The second-order valence-corrected chi connectivity index (χ2v) is 5.40. The number of hydrogen-bond donors (Lipinski definition) is 0. The largest absolute Gasteiger partial charge is 0.323 e. The van der Waals surface area contributed by atoms with E-state index in [4.69, 9.17) is 5.26 Å². The molecule has 0 aliphatic heterocycles. The van der Waals surface area contributed by atoms with Gasteiger partial charge in [0.2, 0.25) is 0 Å². The van der Waals surface area contributed by atoms with Crippen molar-refractivity contribution in [2.24, 2.45) is 0 Å². The van der Waals surface area contributed by atoms with Crippen LogP contribution in [0.3, 0.4) is 0 Å². The van der Waals surface area contributed by atoms with E-state index in [9.17, 15) is 10.1 Å². The van der Waals surface area contributed by atoms with E-state index in [0.717, 1.165) is 11.3 Å². The van der Waals surface area contributed by atoms with Crippen LogP contribution >= 0.6 is 0 Å². The average Bonchev–Trinajstić information content (AvgIpc) is 2.86. The second kappa shape index (κ2) is 5.94. The predicted molar refractivity (Wildman–Crippen MR) is 87.2 cm³/mol. The maximum atomic E-state index is 12.1. The van der Waals surface area contributed by atoms with Crippen molar-refractivity contribution in [1.82, 2.24) is 14.5 Å². The van der Waals surface area contributed by atoms with Crippen molar-refractivity contribution in [1.29, 1.82) is 10.5 Å². The predicted octanol–water partition coefficient (Wildman–Crippen LogP) is 2.73. The van der Waals surface area contributed by atoms with Crippen LogP contribution in [0, 0.1) is 29.6 Å². The van der Waals surface area contributed by atoms with Gasteiger partial charge in [-0.1, -0.05) is 30.3 Å². The number of hydrogen-bond acceptors (Lipinski definition) is 5. The summed E-state index contributed by atoms with van der Waals surface area (Å²) in [6, 6.07) is 13.5. The first-order valence-corrected chi connectivity index (χ1v) is 7.32. The minimum atomic E-state index is -0.146. The summed E-state index contributed by atoms with van der Waals surface area (Å²) < 4.78 is 1.86. The Balaban J connectivity index is 2.33. The van der Waals surface area contributed by atoms with Crippen molar-refractivity contribution in [2.45, 2.75) is 20.4 Å². The van der Waals surface area contributed by atoms with Crippen molar-refractivity contribution in [2.75, 3.05) is 0 Å². The van der Waals surface area contributed by atoms with Gasteiger partial charge in [-0.15, -0.1) is 0 Å². The SMILES string of the molecule is CC(=O)c1c(C)n(Cc2ccccc2)c2nc(C#N)c(C#N)nc12. The molecule has 0 N–H and O–H groups in total. The zero-order valence-electron chi connectivity index (χ0n) is 13.2. The molecule has 0 amide bonds. The van der Waals surface area contributed by atoms with Crippen molar-refractivity contribution in [3.05, 3.63) is 58.5 Å². The molecule has 0 aliphatic rings. The Labute approximate surface area is 138 Å².